The molecule has 0 saturated heterocycles. The van der Waals surface area contributed by atoms with Crippen LogP contribution in [-0.4, -0.2) is 49.8 Å². The van der Waals surface area contributed by atoms with E-state index in [9.17, 15) is 13.2 Å². The number of sulfonamides is 1. The highest BCUT2D eigenvalue weighted by atomic mass is 32.2. The van der Waals surface area contributed by atoms with Crippen LogP contribution in [0.15, 0.2) is 30.3 Å². The van der Waals surface area contributed by atoms with Crippen molar-refractivity contribution < 1.29 is 23.1 Å². The molecule has 0 radical (unpaired) electrons. The van der Waals surface area contributed by atoms with Crippen molar-refractivity contribution in [3.8, 4) is 0 Å². The second-order valence-corrected chi connectivity index (χ2v) is 6.65. The van der Waals surface area contributed by atoms with Crippen LogP contribution in [0.3, 0.4) is 0 Å². The number of ether oxygens (including phenoxy) is 1. The van der Waals surface area contributed by atoms with Crippen molar-refractivity contribution >= 4 is 16.0 Å². The van der Waals surface area contributed by atoms with Gasteiger partial charge in [0.15, 0.2) is 0 Å². The number of carboxylic acids is 1. The third-order valence-electron chi connectivity index (χ3n) is 3.00. The lowest BCUT2D eigenvalue weighted by Gasteiger charge is -2.23. The third-order valence-corrected chi connectivity index (χ3v) is 4.82. The van der Waals surface area contributed by atoms with Gasteiger partial charge >= 0.3 is 5.97 Å². The van der Waals surface area contributed by atoms with Crippen molar-refractivity contribution in [3.05, 3.63) is 35.9 Å². The predicted octanol–water partition coefficient (Wildman–Crippen LogP) is 1.50. The van der Waals surface area contributed by atoms with E-state index in [1.165, 1.54) is 7.11 Å². The van der Waals surface area contributed by atoms with Crippen LogP contribution in [0, 0.1) is 0 Å². The van der Waals surface area contributed by atoms with Crippen molar-refractivity contribution in [1.29, 1.82) is 0 Å². The second-order valence-electron chi connectivity index (χ2n) is 4.64. The molecule has 0 heterocycles. The Labute approximate surface area is 125 Å². The van der Waals surface area contributed by atoms with Crippen molar-refractivity contribution in [1.82, 2.24) is 4.31 Å². The molecule has 0 amide bonds. The summed E-state index contributed by atoms with van der Waals surface area (Å²) in [5.74, 6) is -1.44. The van der Waals surface area contributed by atoms with Gasteiger partial charge < -0.3 is 9.84 Å². The highest BCUT2D eigenvalue weighted by Gasteiger charge is 2.28. The first-order chi connectivity index (χ1) is 9.90. The highest BCUT2D eigenvalue weighted by molar-refractivity contribution is 7.89. The lowest BCUT2D eigenvalue weighted by Crippen LogP contribution is -2.39. The Balaban J connectivity index is 2.92. The highest BCUT2D eigenvalue weighted by Crippen LogP contribution is 2.20. The fourth-order valence-corrected chi connectivity index (χ4v) is 3.67. The van der Waals surface area contributed by atoms with E-state index in [1.807, 2.05) is 6.07 Å². The van der Waals surface area contributed by atoms with Gasteiger partial charge in [-0.2, -0.15) is 4.31 Å². The summed E-state index contributed by atoms with van der Waals surface area (Å²) in [6.45, 7) is 1.45. The summed E-state index contributed by atoms with van der Waals surface area (Å²) in [5.41, 5.74) is 0.746. The molecule has 1 N–H and O–H groups in total. The smallest absolute Gasteiger partial charge is 0.318 e. The van der Waals surface area contributed by atoms with Crippen LogP contribution in [0.25, 0.3) is 0 Å². The van der Waals surface area contributed by atoms with Gasteiger partial charge in [0, 0.05) is 13.7 Å². The van der Waals surface area contributed by atoms with Crippen LogP contribution in [0.2, 0.25) is 0 Å². The Morgan fingerprint density at radius 2 is 1.95 bits per heavy atom. The van der Waals surface area contributed by atoms with Crippen molar-refractivity contribution in [2.75, 3.05) is 26.0 Å². The van der Waals surface area contributed by atoms with Crippen LogP contribution < -0.4 is 0 Å². The van der Waals surface area contributed by atoms with Gasteiger partial charge in [0.05, 0.1) is 11.9 Å². The van der Waals surface area contributed by atoms with Gasteiger partial charge in [0.1, 0.15) is 6.54 Å². The Morgan fingerprint density at radius 3 is 2.43 bits per heavy atom. The van der Waals surface area contributed by atoms with Gasteiger partial charge in [-0.3, -0.25) is 4.79 Å². The number of aliphatic carboxylic acids is 1. The van der Waals surface area contributed by atoms with E-state index in [0.29, 0.717) is 6.42 Å². The average molecular weight is 315 g/mol. The second kappa shape index (κ2) is 8.11. The number of hydrogen-bond acceptors (Lipinski definition) is 4. The zero-order chi connectivity index (χ0) is 15.9. The number of rotatable bonds is 9. The summed E-state index contributed by atoms with van der Waals surface area (Å²) in [6.07, 6.45) is -0.0699. The lowest BCUT2D eigenvalue weighted by molar-refractivity contribution is -0.137. The Kier molecular flexibility index (Phi) is 6.80. The molecule has 0 aliphatic rings. The number of methoxy groups -OCH3 is 1. The minimum absolute atomic E-state index is 0.180. The van der Waals surface area contributed by atoms with E-state index in [4.69, 9.17) is 9.84 Å². The Morgan fingerprint density at radius 1 is 1.33 bits per heavy atom. The monoisotopic (exact) mass is 315 g/mol. The maximum Gasteiger partial charge on any atom is 0.318 e. The van der Waals surface area contributed by atoms with Gasteiger partial charge in [-0.05, 0) is 12.0 Å². The molecular weight excluding hydrogens is 294 g/mol. The average Bonchev–Trinajstić information content (AvgIpc) is 2.45. The molecule has 0 aromatic heterocycles. The topological polar surface area (TPSA) is 83.9 Å². The molecule has 1 aromatic rings. The molecule has 0 saturated carbocycles. The van der Waals surface area contributed by atoms with Crippen molar-refractivity contribution in [2.45, 2.75) is 19.4 Å². The Hall–Kier alpha value is -1.44. The fraction of sp³-hybridized carbons (Fsp3) is 0.500. The summed E-state index contributed by atoms with van der Waals surface area (Å²) >= 11 is 0. The van der Waals surface area contributed by atoms with Crippen molar-refractivity contribution in [3.63, 3.8) is 0 Å². The molecule has 1 unspecified atom stereocenters. The van der Waals surface area contributed by atoms with Gasteiger partial charge in [0.25, 0.3) is 0 Å². The molecule has 0 aliphatic heterocycles. The molecular formula is C14H21NO5S. The summed E-state index contributed by atoms with van der Waals surface area (Å²) < 4.78 is 31.0. The minimum atomic E-state index is -3.71. The summed E-state index contributed by atoms with van der Waals surface area (Å²) in [5, 5.41) is 8.84. The molecule has 0 bridgehead atoms. The van der Waals surface area contributed by atoms with Crippen LogP contribution in [0.5, 0.6) is 0 Å². The zero-order valence-electron chi connectivity index (χ0n) is 12.2. The molecule has 118 valence electrons. The zero-order valence-corrected chi connectivity index (χ0v) is 13.0. The quantitative estimate of drug-likeness (QED) is 0.746. The normalized spacial score (nSPS) is 13.3. The first-order valence-electron chi connectivity index (χ1n) is 6.68. The number of carboxylic acid groups (broad SMARTS) is 1. The van der Waals surface area contributed by atoms with Gasteiger partial charge in [-0.25, -0.2) is 8.42 Å². The lowest BCUT2D eigenvalue weighted by atomic mass is 10.1. The fourth-order valence-electron chi connectivity index (χ4n) is 1.98. The minimum Gasteiger partial charge on any atom is -0.480 e. The number of hydrogen-bond donors (Lipinski definition) is 1. The summed E-state index contributed by atoms with van der Waals surface area (Å²) in [4.78, 5) is 10.8. The van der Waals surface area contributed by atoms with E-state index in [0.717, 1.165) is 9.87 Å². The van der Waals surface area contributed by atoms with E-state index in [2.05, 4.69) is 0 Å². The van der Waals surface area contributed by atoms with Crippen LogP contribution in [0.1, 0.15) is 25.0 Å². The molecule has 7 heteroatoms. The van der Waals surface area contributed by atoms with E-state index >= 15 is 0 Å². The molecule has 21 heavy (non-hydrogen) atoms. The molecule has 6 nitrogen and oxygen atoms in total. The SMILES string of the molecule is CCCN(CC(=O)O)S(=O)(=O)CC(OC)c1ccccc1. The first kappa shape index (κ1) is 17.6. The van der Waals surface area contributed by atoms with Crippen LogP contribution in [-0.2, 0) is 19.6 Å². The standard InChI is InChI=1S/C14H21NO5S/c1-3-9-15(10-14(16)17)21(18,19)11-13(20-2)12-7-5-4-6-8-12/h4-8,13H,3,9-11H2,1-2H3,(H,16,17). The number of carbonyl (C=O) groups is 1. The maximum atomic E-state index is 12.4. The maximum absolute atomic E-state index is 12.4. The van der Waals surface area contributed by atoms with Gasteiger partial charge in [0.2, 0.25) is 10.0 Å². The summed E-state index contributed by atoms with van der Waals surface area (Å²) in [7, 11) is -2.27. The third kappa shape index (κ3) is 5.45. The van der Waals surface area contributed by atoms with Gasteiger partial charge in [-0.1, -0.05) is 37.3 Å². The number of nitrogens with zero attached hydrogens (tertiary/aromatic N) is 1. The van der Waals surface area contributed by atoms with E-state index < -0.39 is 28.6 Å². The molecule has 1 atom stereocenters. The first-order valence-corrected chi connectivity index (χ1v) is 8.29. The van der Waals surface area contributed by atoms with E-state index in [1.54, 1.807) is 31.2 Å². The van der Waals surface area contributed by atoms with E-state index in [-0.39, 0.29) is 12.3 Å². The van der Waals surface area contributed by atoms with Crippen LogP contribution >= 0.6 is 0 Å². The predicted molar refractivity (Wildman–Crippen MR) is 79.5 cm³/mol. The number of benzene rings is 1. The van der Waals surface area contributed by atoms with Crippen molar-refractivity contribution in [2.24, 2.45) is 0 Å². The molecule has 1 aromatic carbocycles. The van der Waals surface area contributed by atoms with Crippen LogP contribution in [0.4, 0.5) is 0 Å². The molecule has 0 aliphatic carbocycles. The molecule has 0 fully saturated rings. The van der Waals surface area contributed by atoms with Gasteiger partial charge in [-0.15, -0.1) is 0 Å². The Bertz CT molecular complexity index is 544. The summed E-state index contributed by atoms with van der Waals surface area (Å²) in [6, 6.07) is 9.00. The molecule has 1 rings (SSSR count). The molecule has 0 spiro atoms. The largest absolute Gasteiger partial charge is 0.480 e.